The number of aryl methyl sites for hydroxylation is 1. The van der Waals surface area contributed by atoms with E-state index < -0.39 is 0 Å². The lowest BCUT2D eigenvalue weighted by molar-refractivity contribution is 0.262. The smallest absolute Gasteiger partial charge is 0.323 e. The maximum absolute atomic E-state index is 13.1. The molecule has 0 spiro atoms. The topological polar surface area (TPSA) is 125 Å². The molecule has 5 aromatic rings. The van der Waals surface area contributed by atoms with Gasteiger partial charge in [-0.2, -0.15) is 0 Å². The first-order valence-electron chi connectivity index (χ1n) is 12.8. The van der Waals surface area contributed by atoms with Crippen LogP contribution in [0, 0.1) is 6.92 Å². The van der Waals surface area contributed by atoms with Gasteiger partial charge in [0.25, 0.3) is 5.22 Å². The van der Waals surface area contributed by atoms with Crippen LogP contribution in [0.15, 0.2) is 81.9 Å². The second-order valence-corrected chi connectivity index (χ2v) is 10.4. The predicted molar refractivity (Wildman–Crippen MR) is 155 cm³/mol. The van der Waals surface area contributed by atoms with Gasteiger partial charge in [-0.05, 0) is 61.6 Å². The van der Waals surface area contributed by atoms with E-state index in [2.05, 4.69) is 52.6 Å². The van der Waals surface area contributed by atoms with Crippen LogP contribution >= 0.6 is 11.8 Å². The van der Waals surface area contributed by atoms with Crippen molar-refractivity contribution in [1.29, 1.82) is 0 Å². The second-order valence-electron chi connectivity index (χ2n) is 9.47. The maximum Gasteiger partial charge on any atom is 0.323 e. The number of carbonyl (C=O) groups is 1. The highest BCUT2D eigenvalue weighted by Gasteiger charge is 2.21. The lowest BCUT2D eigenvalue weighted by atomic mass is 10.1. The first-order chi connectivity index (χ1) is 19.5. The van der Waals surface area contributed by atoms with Gasteiger partial charge in [0.05, 0.1) is 22.5 Å². The lowest BCUT2D eigenvalue weighted by Crippen LogP contribution is -2.44. The molecule has 1 saturated heterocycles. The van der Waals surface area contributed by atoms with Crippen molar-refractivity contribution in [1.82, 2.24) is 30.0 Å². The Bertz CT molecular complexity index is 1650. The fourth-order valence-electron chi connectivity index (χ4n) is 4.49. The van der Waals surface area contributed by atoms with E-state index in [0.717, 1.165) is 59.6 Å². The number of benzene rings is 2. The van der Waals surface area contributed by atoms with E-state index in [4.69, 9.17) is 4.42 Å². The zero-order valence-electron chi connectivity index (χ0n) is 22.0. The molecule has 4 heterocycles. The zero-order chi connectivity index (χ0) is 27.5. The number of urea groups is 1. The van der Waals surface area contributed by atoms with Crippen molar-refractivity contribution >= 4 is 45.8 Å². The summed E-state index contributed by atoms with van der Waals surface area (Å²) in [4.78, 5) is 30.9. The number of pyridine rings is 1. The van der Waals surface area contributed by atoms with Gasteiger partial charge in [-0.15, -0.1) is 10.2 Å². The van der Waals surface area contributed by atoms with Gasteiger partial charge in [0.2, 0.25) is 5.89 Å². The van der Waals surface area contributed by atoms with Crippen molar-refractivity contribution in [3.05, 3.63) is 72.8 Å². The molecule has 12 heteroatoms. The molecule has 2 aromatic carbocycles. The third-order valence-electron chi connectivity index (χ3n) is 6.70. The highest BCUT2D eigenvalue weighted by Crippen LogP contribution is 2.37. The molecule has 1 aliphatic heterocycles. The minimum absolute atomic E-state index is 0.326. The highest BCUT2D eigenvalue weighted by atomic mass is 32.2. The van der Waals surface area contributed by atoms with Gasteiger partial charge >= 0.3 is 6.03 Å². The number of hydrogen-bond acceptors (Lipinski definition) is 10. The molecule has 2 amide bonds. The first kappa shape index (κ1) is 25.7. The number of nitrogens with zero attached hydrogens (tertiary/aromatic N) is 7. The minimum atomic E-state index is -0.326. The molecule has 11 nitrogen and oxygen atoms in total. The molecule has 0 unspecified atom stereocenters. The number of carbonyl (C=O) groups excluding carboxylic acids is 1. The number of amides is 2. The van der Waals surface area contributed by atoms with Gasteiger partial charge in [0.1, 0.15) is 11.4 Å². The SMILES string of the molecule is Cc1ccccc1NC(=O)Nc1cc2c(Sc3nnc(-c4cccnc4)o3)ncnc2cc1N1CCN(C)CC1. The summed E-state index contributed by atoms with van der Waals surface area (Å²) in [6, 6.07) is 14.9. The number of nitrogens with one attached hydrogen (secondary N) is 2. The van der Waals surface area contributed by atoms with Crippen molar-refractivity contribution in [2.75, 3.05) is 48.8 Å². The van der Waals surface area contributed by atoms with E-state index in [1.54, 1.807) is 12.4 Å². The fourth-order valence-corrected chi connectivity index (χ4v) is 5.23. The fraction of sp³-hybridized carbons (Fsp3) is 0.214. The number of likely N-dealkylation sites (N-methyl/N-ethyl adjacent to an activating group) is 1. The first-order valence-corrected chi connectivity index (χ1v) is 13.6. The molecule has 202 valence electrons. The Labute approximate surface area is 235 Å². The summed E-state index contributed by atoms with van der Waals surface area (Å²) < 4.78 is 5.87. The number of para-hydroxylation sites is 1. The molecule has 0 bridgehead atoms. The van der Waals surface area contributed by atoms with E-state index in [-0.39, 0.29) is 6.03 Å². The summed E-state index contributed by atoms with van der Waals surface area (Å²) in [5.41, 5.74) is 4.80. The maximum atomic E-state index is 13.1. The van der Waals surface area contributed by atoms with Crippen LogP contribution in [0.1, 0.15) is 5.56 Å². The summed E-state index contributed by atoms with van der Waals surface area (Å²) >= 11 is 1.25. The van der Waals surface area contributed by atoms with E-state index in [0.29, 0.717) is 21.8 Å². The number of fused-ring (bicyclic) bond motifs is 1. The van der Waals surface area contributed by atoms with Crippen molar-refractivity contribution in [2.24, 2.45) is 0 Å². The monoisotopic (exact) mass is 553 g/mol. The van der Waals surface area contributed by atoms with Crippen LogP contribution in [0.3, 0.4) is 0 Å². The molecule has 40 heavy (non-hydrogen) atoms. The Kier molecular flexibility index (Phi) is 7.25. The molecular weight excluding hydrogens is 526 g/mol. The summed E-state index contributed by atoms with van der Waals surface area (Å²) in [5, 5.41) is 16.1. The van der Waals surface area contributed by atoms with Gasteiger partial charge in [0.15, 0.2) is 0 Å². The molecule has 0 saturated carbocycles. The summed E-state index contributed by atoms with van der Waals surface area (Å²) in [6.45, 7) is 5.48. The largest absolute Gasteiger partial charge is 0.411 e. The molecule has 0 radical (unpaired) electrons. The number of anilines is 3. The molecule has 2 N–H and O–H groups in total. The van der Waals surface area contributed by atoms with E-state index in [1.165, 1.54) is 18.1 Å². The Morgan fingerprint density at radius 2 is 1.80 bits per heavy atom. The van der Waals surface area contributed by atoms with E-state index in [1.807, 2.05) is 55.5 Å². The standard InChI is InChI=1S/C28H27N9O2S/c1-18-6-3-4-8-21(18)32-27(38)33-23-14-20-22(15-24(23)37-12-10-36(2)11-13-37)30-17-31-26(20)40-28-35-34-25(39-28)19-7-5-9-29-16-19/h3-9,14-17H,10-13H2,1-2H3,(H2,32,33,38). The third-order valence-corrected chi connectivity index (χ3v) is 7.56. The highest BCUT2D eigenvalue weighted by molar-refractivity contribution is 7.99. The van der Waals surface area contributed by atoms with Crippen molar-refractivity contribution < 1.29 is 9.21 Å². The average molecular weight is 554 g/mol. The van der Waals surface area contributed by atoms with Gasteiger partial charge in [-0.1, -0.05) is 18.2 Å². The third kappa shape index (κ3) is 5.58. The van der Waals surface area contributed by atoms with Crippen LogP contribution in [0.2, 0.25) is 0 Å². The van der Waals surface area contributed by atoms with Gasteiger partial charge < -0.3 is 24.9 Å². The molecular formula is C28H27N9O2S. The minimum Gasteiger partial charge on any atom is -0.411 e. The summed E-state index contributed by atoms with van der Waals surface area (Å²) in [7, 11) is 2.11. The van der Waals surface area contributed by atoms with Gasteiger partial charge in [0, 0.05) is 49.6 Å². The lowest BCUT2D eigenvalue weighted by Gasteiger charge is -2.35. The van der Waals surface area contributed by atoms with Crippen LogP contribution < -0.4 is 15.5 Å². The Morgan fingerprint density at radius 1 is 0.975 bits per heavy atom. The molecule has 3 aromatic heterocycles. The van der Waals surface area contributed by atoms with Crippen molar-refractivity contribution in [2.45, 2.75) is 17.2 Å². The van der Waals surface area contributed by atoms with Crippen LogP contribution in [0.25, 0.3) is 22.4 Å². The molecule has 1 aliphatic rings. The van der Waals surface area contributed by atoms with Gasteiger partial charge in [-0.25, -0.2) is 14.8 Å². The van der Waals surface area contributed by atoms with Crippen LogP contribution in [0.4, 0.5) is 21.9 Å². The van der Waals surface area contributed by atoms with Crippen LogP contribution in [-0.2, 0) is 0 Å². The van der Waals surface area contributed by atoms with E-state index in [9.17, 15) is 4.79 Å². The summed E-state index contributed by atoms with van der Waals surface area (Å²) in [5.74, 6) is 0.376. The summed E-state index contributed by atoms with van der Waals surface area (Å²) in [6.07, 6.45) is 4.88. The number of aromatic nitrogens is 5. The van der Waals surface area contributed by atoms with Crippen molar-refractivity contribution in [3.8, 4) is 11.5 Å². The Morgan fingerprint density at radius 3 is 2.60 bits per heavy atom. The van der Waals surface area contributed by atoms with E-state index >= 15 is 0 Å². The van der Waals surface area contributed by atoms with Crippen LogP contribution in [0.5, 0.6) is 0 Å². The molecule has 1 fully saturated rings. The normalized spacial score (nSPS) is 13.9. The Hall–Kier alpha value is -4.55. The van der Waals surface area contributed by atoms with Crippen LogP contribution in [-0.4, -0.2) is 69.3 Å². The molecule has 6 rings (SSSR count). The number of piperazine rings is 1. The predicted octanol–water partition coefficient (Wildman–Crippen LogP) is 4.93. The molecule has 0 atom stereocenters. The quantitative estimate of drug-likeness (QED) is 0.280. The second kappa shape index (κ2) is 11.3. The number of hydrogen-bond donors (Lipinski definition) is 2. The zero-order valence-corrected chi connectivity index (χ0v) is 22.9. The number of rotatable bonds is 6. The van der Waals surface area contributed by atoms with Crippen molar-refractivity contribution in [3.63, 3.8) is 0 Å². The molecule has 0 aliphatic carbocycles. The Balaban J connectivity index is 1.34. The van der Waals surface area contributed by atoms with Gasteiger partial charge in [-0.3, -0.25) is 4.98 Å². The average Bonchev–Trinajstić information content (AvgIpc) is 3.44.